The molecule has 1 rings (SSSR count). The van der Waals surface area contributed by atoms with Crippen LogP contribution in [0.15, 0.2) is 11.3 Å². The highest BCUT2D eigenvalue weighted by atomic mass is 127. The lowest BCUT2D eigenvalue weighted by molar-refractivity contribution is 0.443. The summed E-state index contributed by atoms with van der Waals surface area (Å²) in [6.07, 6.45) is 6.74. The predicted octanol–water partition coefficient (Wildman–Crippen LogP) is 2.70. The summed E-state index contributed by atoms with van der Waals surface area (Å²) in [5.74, 6) is 2.43. The van der Waals surface area contributed by atoms with Crippen molar-refractivity contribution in [3.63, 3.8) is 0 Å². The summed E-state index contributed by atoms with van der Waals surface area (Å²) < 4.78 is 1.89. The van der Waals surface area contributed by atoms with Gasteiger partial charge in [0.05, 0.1) is 0 Å². The number of aryl methyl sites for hydroxylation is 1. The van der Waals surface area contributed by atoms with Crippen LogP contribution < -0.4 is 10.6 Å². The second-order valence-electron chi connectivity index (χ2n) is 5.35. The average molecular weight is 422 g/mol. The first-order chi connectivity index (χ1) is 10.2. The van der Waals surface area contributed by atoms with Crippen molar-refractivity contribution < 1.29 is 0 Å². The van der Waals surface area contributed by atoms with Crippen LogP contribution in [-0.2, 0) is 13.6 Å². The molecule has 7 heteroatoms. The molecular weight excluding hydrogens is 391 g/mol. The molecule has 2 N–H and O–H groups in total. The molecule has 0 radical (unpaired) electrons. The fourth-order valence-corrected chi connectivity index (χ4v) is 2.13. The minimum Gasteiger partial charge on any atom is -0.357 e. The maximum Gasteiger partial charge on any atom is 0.191 e. The molecule has 0 saturated carbocycles. The number of halogens is 1. The van der Waals surface area contributed by atoms with Gasteiger partial charge in [-0.1, -0.05) is 33.1 Å². The summed E-state index contributed by atoms with van der Waals surface area (Å²) >= 11 is 0. The molecule has 0 aliphatic carbocycles. The molecule has 1 heterocycles. The number of nitrogens with one attached hydrogen (secondary N) is 2. The summed E-state index contributed by atoms with van der Waals surface area (Å²) in [7, 11) is 1.93. The van der Waals surface area contributed by atoms with Crippen LogP contribution in [0.3, 0.4) is 0 Å². The fourth-order valence-electron chi connectivity index (χ4n) is 2.13. The summed E-state index contributed by atoms with van der Waals surface area (Å²) in [6.45, 7) is 8.95. The molecule has 22 heavy (non-hydrogen) atoms. The lowest BCUT2D eigenvalue weighted by Gasteiger charge is -2.17. The molecule has 6 nitrogen and oxygen atoms in total. The first-order valence-electron chi connectivity index (χ1n) is 8.06. The number of nitrogens with zero attached hydrogens (tertiary/aromatic N) is 4. The Morgan fingerprint density at radius 1 is 1.32 bits per heavy atom. The third kappa shape index (κ3) is 7.95. The van der Waals surface area contributed by atoms with Crippen LogP contribution in [0.1, 0.15) is 52.3 Å². The molecule has 0 bridgehead atoms. The quantitative estimate of drug-likeness (QED) is 0.365. The topological polar surface area (TPSA) is 67.1 Å². The van der Waals surface area contributed by atoms with Crippen molar-refractivity contribution in [2.75, 3.05) is 13.1 Å². The highest BCUT2D eigenvalue weighted by Crippen LogP contribution is 2.11. The normalized spacial score (nSPS) is 12.6. The van der Waals surface area contributed by atoms with Gasteiger partial charge < -0.3 is 15.2 Å². The Labute approximate surface area is 151 Å². The number of aromatic nitrogens is 3. The molecule has 1 unspecified atom stereocenters. The van der Waals surface area contributed by atoms with Crippen LogP contribution in [0.2, 0.25) is 0 Å². The molecule has 0 aromatic carbocycles. The standard InChI is InChI=1S/C15H30N6.HI/c1-5-8-9-13(6-2)10-17-15(16-7-3)18-11-14-20-19-12-21(14)4;/h12-13H,5-11H2,1-4H3,(H2,16,17,18);1H. The van der Waals surface area contributed by atoms with E-state index in [0.717, 1.165) is 24.9 Å². The van der Waals surface area contributed by atoms with Gasteiger partial charge in [0.2, 0.25) is 0 Å². The molecule has 1 atom stereocenters. The predicted molar refractivity (Wildman–Crippen MR) is 103 cm³/mol. The second-order valence-corrected chi connectivity index (χ2v) is 5.35. The Hall–Kier alpha value is -0.860. The van der Waals surface area contributed by atoms with Gasteiger partial charge in [-0.25, -0.2) is 4.99 Å². The molecule has 1 aromatic rings. The maximum absolute atomic E-state index is 4.57. The Morgan fingerprint density at radius 2 is 2.09 bits per heavy atom. The van der Waals surface area contributed by atoms with Gasteiger partial charge in [0.1, 0.15) is 12.9 Å². The molecule has 0 spiro atoms. The van der Waals surface area contributed by atoms with Gasteiger partial charge in [-0.05, 0) is 19.3 Å². The molecule has 0 fully saturated rings. The van der Waals surface area contributed by atoms with Gasteiger partial charge in [-0.3, -0.25) is 0 Å². The smallest absolute Gasteiger partial charge is 0.191 e. The zero-order chi connectivity index (χ0) is 15.5. The van der Waals surface area contributed by atoms with Gasteiger partial charge >= 0.3 is 0 Å². The van der Waals surface area contributed by atoms with Gasteiger partial charge in [-0.15, -0.1) is 34.2 Å². The molecular formula is C15H31IN6. The van der Waals surface area contributed by atoms with Gasteiger partial charge in [0, 0.05) is 20.1 Å². The van der Waals surface area contributed by atoms with E-state index in [1.807, 2.05) is 11.6 Å². The van der Waals surface area contributed by atoms with E-state index in [4.69, 9.17) is 0 Å². The van der Waals surface area contributed by atoms with Crippen molar-refractivity contribution in [3.8, 4) is 0 Å². The van der Waals surface area contributed by atoms with Crippen LogP contribution >= 0.6 is 24.0 Å². The van der Waals surface area contributed by atoms with E-state index in [0.29, 0.717) is 12.5 Å². The van der Waals surface area contributed by atoms with Crippen molar-refractivity contribution >= 4 is 29.9 Å². The molecule has 0 saturated heterocycles. The number of rotatable bonds is 9. The molecule has 128 valence electrons. The summed E-state index contributed by atoms with van der Waals surface area (Å²) in [5.41, 5.74) is 0. The fraction of sp³-hybridized carbons (Fsp3) is 0.800. The molecule has 0 aliphatic heterocycles. The average Bonchev–Trinajstić information content (AvgIpc) is 2.90. The largest absolute Gasteiger partial charge is 0.357 e. The van der Waals surface area contributed by atoms with E-state index < -0.39 is 0 Å². The molecule has 1 aromatic heterocycles. The summed E-state index contributed by atoms with van der Waals surface area (Å²) in [5, 5.41) is 14.6. The number of hydrogen-bond acceptors (Lipinski definition) is 3. The molecule has 0 aliphatic rings. The van der Waals surface area contributed by atoms with E-state index >= 15 is 0 Å². The van der Waals surface area contributed by atoms with Crippen molar-refractivity contribution in [2.45, 2.75) is 53.0 Å². The number of hydrogen-bond donors (Lipinski definition) is 2. The van der Waals surface area contributed by atoms with Crippen LogP contribution in [-0.4, -0.2) is 33.8 Å². The van der Waals surface area contributed by atoms with E-state index in [2.05, 4.69) is 46.6 Å². The minimum atomic E-state index is 0. The Balaban J connectivity index is 0.00000441. The minimum absolute atomic E-state index is 0. The third-order valence-electron chi connectivity index (χ3n) is 3.63. The second kappa shape index (κ2) is 12.7. The van der Waals surface area contributed by atoms with Gasteiger partial charge in [-0.2, -0.15) is 0 Å². The van der Waals surface area contributed by atoms with E-state index in [1.165, 1.54) is 25.7 Å². The zero-order valence-electron chi connectivity index (χ0n) is 14.3. The van der Waals surface area contributed by atoms with Crippen LogP contribution in [0, 0.1) is 5.92 Å². The lowest BCUT2D eigenvalue weighted by Crippen LogP contribution is -2.39. The number of unbranched alkanes of at least 4 members (excludes halogenated alkanes) is 1. The maximum atomic E-state index is 4.57. The zero-order valence-corrected chi connectivity index (χ0v) is 16.6. The Kier molecular flexibility index (Phi) is 12.2. The van der Waals surface area contributed by atoms with Crippen molar-refractivity contribution in [3.05, 3.63) is 12.2 Å². The highest BCUT2D eigenvalue weighted by molar-refractivity contribution is 14.0. The van der Waals surface area contributed by atoms with Crippen molar-refractivity contribution in [2.24, 2.45) is 18.0 Å². The Bertz CT molecular complexity index is 418. The van der Waals surface area contributed by atoms with Crippen LogP contribution in [0.4, 0.5) is 0 Å². The first-order valence-corrected chi connectivity index (χ1v) is 8.06. The van der Waals surface area contributed by atoms with E-state index in [-0.39, 0.29) is 24.0 Å². The summed E-state index contributed by atoms with van der Waals surface area (Å²) in [4.78, 5) is 4.57. The van der Waals surface area contributed by atoms with Gasteiger partial charge in [0.25, 0.3) is 0 Å². The van der Waals surface area contributed by atoms with E-state index in [1.54, 1.807) is 6.33 Å². The van der Waals surface area contributed by atoms with Gasteiger partial charge in [0.15, 0.2) is 11.8 Å². The first kappa shape index (κ1) is 21.1. The molecule has 0 amide bonds. The SMILES string of the molecule is CCCCC(CC)CNC(=NCc1nncn1C)NCC.I. The van der Waals surface area contributed by atoms with Crippen molar-refractivity contribution in [1.29, 1.82) is 0 Å². The Morgan fingerprint density at radius 3 is 2.64 bits per heavy atom. The highest BCUT2D eigenvalue weighted by Gasteiger charge is 2.07. The van der Waals surface area contributed by atoms with Crippen LogP contribution in [0.25, 0.3) is 0 Å². The number of guanidine groups is 1. The van der Waals surface area contributed by atoms with Crippen molar-refractivity contribution in [1.82, 2.24) is 25.4 Å². The summed E-state index contributed by atoms with van der Waals surface area (Å²) in [6, 6.07) is 0. The number of aliphatic imine (C=N–C) groups is 1. The monoisotopic (exact) mass is 422 g/mol. The third-order valence-corrected chi connectivity index (χ3v) is 3.63. The lowest BCUT2D eigenvalue weighted by atomic mass is 9.99. The van der Waals surface area contributed by atoms with E-state index in [9.17, 15) is 0 Å². The van der Waals surface area contributed by atoms with Crippen LogP contribution in [0.5, 0.6) is 0 Å².